The Morgan fingerprint density at radius 3 is 1.41 bits per heavy atom. The number of nitrogens with two attached hydrogens (primary N) is 5. The van der Waals surface area contributed by atoms with Crippen molar-refractivity contribution in [3.8, 4) is 0 Å². The Hall–Kier alpha value is -6.68. The van der Waals surface area contributed by atoms with Crippen LogP contribution in [-0.4, -0.2) is 187 Å². The van der Waals surface area contributed by atoms with Gasteiger partial charge in [0.15, 0.2) is 5.96 Å². The van der Waals surface area contributed by atoms with E-state index in [1.54, 1.807) is 13.8 Å². The molecule has 28 nitrogen and oxygen atoms in total. The van der Waals surface area contributed by atoms with Gasteiger partial charge in [-0.3, -0.25) is 57.7 Å². The monoisotopic (exact) mass is 1320 g/mol. The molecule has 11 atom stereocenters. The Morgan fingerprint density at radius 2 is 0.903 bits per heavy atom. The van der Waals surface area contributed by atoms with E-state index in [2.05, 4.69) is 54.5 Å². The first kappa shape index (κ1) is 86.3. The third-order valence-corrected chi connectivity index (χ3v) is 16.1. The van der Waals surface area contributed by atoms with Crippen LogP contribution in [0.5, 0.6) is 0 Å². The van der Waals surface area contributed by atoms with Crippen molar-refractivity contribution in [2.24, 2.45) is 63.3 Å². The van der Waals surface area contributed by atoms with E-state index in [1.165, 1.54) is 30.8 Å². The van der Waals surface area contributed by atoms with Gasteiger partial charge in [-0.15, -0.1) is 0 Å². The van der Waals surface area contributed by atoms with Crippen molar-refractivity contribution in [3.63, 3.8) is 0 Å². The number of carbonyl (C=O) groups is 11. The van der Waals surface area contributed by atoms with Gasteiger partial charge in [-0.1, -0.05) is 115 Å². The Kier molecular flexibility index (Phi) is 43.8. The van der Waals surface area contributed by atoms with Crippen LogP contribution in [0.2, 0.25) is 0 Å². The van der Waals surface area contributed by atoms with Gasteiger partial charge in [0.2, 0.25) is 65.0 Å². The average molecular weight is 1320 g/mol. The molecule has 0 rings (SSSR count). The second-order valence-electron chi connectivity index (χ2n) is 26.6. The van der Waals surface area contributed by atoms with Gasteiger partial charge in [-0.25, -0.2) is 0 Å². The molecule has 0 unspecified atom stereocenters. The number of primary amides is 1. The largest absolute Gasteiger partial charge is 0.391 e. The number of nitrogens with zero attached hydrogens (tertiary/aromatic N) is 3. The number of hydrogen-bond donors (Lipinski definition) is 14. The maximum Gasteiger partial charge on any atom is 0.245 e. The predicted molar refractivity (Wildman–Crippen MR) is 362 cm³/mol. The standard InChI is InChI=1S/C65H124N16O12/c1-15-17-18-19-20-21-30-52(83)72-38-53(84)73-50(36-41(7)8)64(93)80(13)51(37-42(9)10)60(89)74-45(27-22-24-31-66)57(86)76-47(29-26-33-71-65(69)70)63(92)81(14)55(43(11)16-2)62(91)75-46(28-23-25-32-67)58(87)79-54(44(12)82)61(90)78-49(35-40(5)6)59(88)77-48(56(68)85)34-39(3)4/h39-51,54-55,82H,15-38,66-67H2,1-14H3,(H2,68,85)(H,72,83)(H,73,84)(H,74,89)(H,75,91)(H,76,86)(H,77,88)(H,78,90)(H,79,87)(H4,69,70,71)/t43-,44+,45-,46-,47-,48-,49-,50-,51-,54-,55-/m0/s1. The third-order valence-electron chi connectivity index (χ3n) is 16.1. The molecule has 0 bridgehead atoms. The topological polar surface area (TPSA) is 453 Å². The molecule has 0 heterocycles. The lowest BCUT2D eigenvalue weighted by molar-refractivity contribution is -0.145. The Bertz CT molecular complexity index is 2340. The Labute approximate surface area is 554 Å². The van der Waals surface area contributed by atoms with Gasteiger partial charge in [0.1, 0.15) is 54.4 Å². The summed E-state index contributed by atoms with van der Waals surface area (Å²) < 4.78 is 0. The van der Waals surface area contributed by atoms with Crippen LogP contribution in [0, 0.1) is 29.6 Å². The molecule has 11 amide bonds. The Balaban J connectivity index is 7.17. The zero-order valence-electron chi connectivity index (χ0n) is 58.8. The quantitative estimate of drug-likeness (QED) is 0.0232. The number of hydrogen-bond acceptors (Lipinski definition) is 15. The van der Waals surface area contributed by atoms with Crippen molar-refractivity contribution in [1.29, 1.82) is 0 Å². The fraction of sp³-hybridized carbons (Fsp3) is 0.815. The third kappa shape index (κ3) is 35.4. The molecule has 0 saturated heterocycles. The van der Waals surface area contributed by atoms with Crippen molar-refractivity contribution in [1.82, 2.24) is 52.3 Å². The molecule has 0 aliphatic carbocycles. The summed E-state index contributed by atoms with van der Waals surface area (Å²) in [6, 6.07) is -11.3. The zero-order chi connectivity index (χ0) is 71.1. The molecule has 0 aliphatic heterocycles. The molecule has 19 N–H and O–H groups in total. The number of rotatable bonds is 50. The number of nitrogens with one attached hydrogen (secondary N) is 8. The molecular weight excluding hydrogens is 1200 g/mol. The van der Waals surface area contributed by atoms with Gasteiger partial charge in [0, 0.05) is 27.1 Å². The van der Waals surface area contributed by atoms with Gasteiger partial charge in [0.05, 0.1) is 12.6 Å². The summed E-state index contributed by atoms with van der Waals surface area (Å²) >= 11 is 0. The molecule has 0 radical (unpaired) electrons. The first-order valence-corrected chi connectivity index (χ1v) is 34.0. The van der Waals surface area contributed by atoms with Crippen LogP contribution in [0.4, 0.5) is 0 Å². The minimum absolute atomic E-state index is 0.00861. The predicted octanol–water partition coefficient (Wildman–Crippen LogP) is 1.31. The molecule has 0 aromatic rings. The van der Waals surface area contributed by atoms with Gasteiger partial charge in [0.25, 0.3) is 0 Å². The summed E-state index contributed by atoms with van der Waals surface area (Å²) in [5.41, 5.74) is 28.6. The fourth-order valence-corrected chi connectivity index (χ4v) is 10.7. The van der Waals surface area contributed by atoms with E-state index in [0.717, 1.165) is 32.1 Å². The van der Waals surface area contributed by atoms with Gasteiger partial charge in [-0.05, 0) is 133 Å². The molecule has 28 heteroatoms. The van der Waals surface area contributed by atoms with E-state index >= 15 is 4.79 Å². The molecule has 0 aliphatic rings. The number of carbonyl (C=O) groups excluding carboxylic acids is 11. The van der Waals surface area contributed by atoms with Crippen LogP contribution in [0.25, 0.3) is 0 Å². The highest BCUT2D eigenvalue weighted by atomic mass is 16.3. The van der Waals surface area contributed by atoms with Crippen molar-refractivity contribution >= 4 is 70.9 Å². The number of likely N-dealkylation sites (N-methyl/N-ethyl adjacent to an activating group) is 2. The number of aliphatic imine (C=N–C) groups is 1. The van der Waals surface area contributed by atoms with E-state index in [-0.39, 0.29) is 120 Å². The molecule has 0 aromatic carbocycles. The summed E-state index contributed by atoms with van der Waals surface area (Å²) in [7, 11) is 2.84. The first-order valence-electron chi connectivity index (χ1n) is 34.0. The highest BCUT2D eigenvalue weighted by Crippen LogP contribution is 2.20. The van der Waals surface area contributed by atoms with E-state index in [1.807, 2.05) is 55.4 Å². The number of aliphatic hydroxyl groups is 1. The number of guanidine groups is 1. The van der Waals surface area contributed by atoms with E-state index in [4.69, 9.17) is 28.7 Å². The second-order valence-corrected chi connectivity index (χ2v) is 26.6. The molecule has 0 saturated carbocycles. The van der Waals surface area contributed by atoms with Crippen molar-refractivity contribution in [3.05, 3.63) is 0 Å². The minimum Gasteiger partial charge on any atom is -0.391 e. The summed E-state index contributed by atoms with van der Waals surface area (Å²) in [5, 5.41) is 32.7. The number of aliphatic hydroxyl groups excluding tert-OH is 1. The summed E-state index contributed by atoms with van der Waals surface area (Å²) in [5.74, 6) is -8.72. The Morgan fingerprint density at radius 1 is 0.452 bits per heavy atom. The highest BCUT2D eigenvalue weighted by Gasteiger charge is 2.40. The lowest BCUT2D eigenvalue weighted by Crippen LogP contribution is -2.62. The summed E-state index contributed by atoms with van der Waals surface area (Å²) in [4.78, 5) is 160. The van der Waals surface area contributed by atoms with Crippen molar-refractivity contribution in [2.45, 2.75) is 272 Å². The first-order chi connectivity index (χ1) is 43.7. The molecule has 0 spiro atoms. The number of unbranched alkanes of at least 4 members (excludes halogenated alkanes) is 7. The van der Waals surface area contributed by atoms with Crippen LogP contribution in [0.1, 0.15) is 212 Å². The normalized spacial score (nSPS) is 15.0. The minimum atomic E-state index is -1.64. The average Bonchev–Trinajstić information content (AvgIpc) is 1.44. The van der Waals surface area contributed by atoms with E-state index in [9.17, 15) is 53.1 Å². The van der Waals surface area contributed by atoms with E-state index in [0.29, 0.717) is 38.5 Å². The van der Waals surface area contributed by atoms with E-state index < -0.39 is 125 Å². The van der Waals surface area contributed by atoms with Crippen LogP contribution in [0.3, 0.4) is 0 Å². The van der Waals surface area contributed by atoms with Crippen LogP contribution in [-0.2, 0) is 52.7 Å². The SMILES string of the molecule is CCCCCCCCC(=O)NCC(=O)N[C@@H](CC(C)C)C(=O)N(C)[C@@H](CC(C)C)C(=O)N[C@@H](CCCCN)C(=O)N[C@@H](CCCN=C(N)N)C(=O)N(C)[C@H](C(=O)N[C@@H](CCCCN)C(=O)N[C@H](C(=O)N[C@@H](CC(C)C)C(=O)N[C@@H](CC(C)C)C(N)=O)[C@@H](C)O)[C@@H](C)CC. The molecular formula is C65H124N16O12. The maximum atomic E-state index is 15.0. The van der Waals surface area contributed by atoms with Crippen LogP contribution in [0.15, 0.2) is 4.99 Å². The highest BCUT2D eigenvalue weighted by molar-refractivity contribution is 5.99. The molecule has 536 valence electrons. The van der Waals surface area contributed by atoms with Crippen LogP contribution >= 0.6 is 0 Å². The van der Waals surface area contributed by atoms with Crippen molar-refractivity contribution in [2.75, 3.05) is 40.3 Å². The van der Waals surface area contributed by atoms with Gasteiger partial charge >= 0.3 is 0 Å². The lowest BCUT2D eigenvalue weighted by atomic mass is 9.95. The molecule has 0 aromatic heterocycles. The fourth-order valence-electron chi connectivity index (χ4n) is 10.7. The molecule has 93 heavy (non-hydrogen) atoms. The smallest absolute Gasteiger partial charge is 0.245 e. The second kappa shape index (κ2) is 47.2. The summed E-state index contributed by atoms with van der Waals surface area (Å²) in [6.07, 6.45) is 7.57. The van der Waals surface area contributed by atoms with Gasteiger partial charge < -0.3 is 86.1 Å². The zero-order valence-corrected chi connectivity index (χ0v) is 58.8. The van der Waals surface area contributed by atoms with Gasteiger partial charge in [-0.2, -0.15) is 0 Å². The number of amides is 11. The summed E-state index contributed by atoms with van der Waals surface area (Å²) in [6.45, 7) is 22.0. The maximum absolute atomic E-state index is 15.0. The molecule has 0 fully saturated rings. The lowest BCUT2D eigenvalue weighted by Gasteiger charge is -2.36. The van der Waals surface area contributed by atoms with Crippen LogP contribution < -0.4 is 71.2 Å². The van der Waals surface area contributed by atoms with Crippen molar-refractivity contribution < 1.29 is 57.8 Å².